The molecule has 2 aromatic rings. The molecule has 7 nitrogen and oxygen atoms in total. The molecule has 1 aromatic heterocycles. The molecule has 0 radical (unpaired) electrons. The minimum absolute atomic E-state index is 0.229. The van der Waals surface area contributed by atoms with E-state index in [1.165, 1.54) is 16.1 Å². The van der Waals surface area contributed by atoms with E-state index in [0.717, 1.165) is 19.3 Å². The number of esters is 1. The molecule has 0 bridgehead atoms. The number of sulfonamides is 1. The minimum atomic E-state index is -3.50. The number of oxazole rings is 1. The maximum atomic E-state index is 12.8. The topological polar surface area (TPSA) is 89.7 Å². The number of thioether (sulfide) groups is 1. The third kappa shape index (κ3) is 3.28. The van der Waals surface area contributed by atoms with Crippen molar-refractivity contribution in [3.05, 3.63) is 18.2 Å². The van der Waals surface area contributed by atoms with Crippen molar-refractivity contribution in [3.8, 4) is 0 Å². The smallest absolute Gasteiger partial charge is 0.319 e. The highest BCUT2D eigenvalue weighted by Gasteiger charge is 2.30. The highest BCUT2D eigenvalue weighted by Crippen LogP contribution is 2.32. The Labute approximate surface area is 149 Å². The van der Waals surface area contributed by atoms with E-state index in [1.807, 2.05) is 0 Å². The van der Waals surface area contributed by atoms with Crippen LogP contribution in [0.15, 0.2) is 32.7 Å². The highest BCUT2D eigenvalue weighted by molar-refractivity contribution is 8.00. The van der Waals surface area contributed by atoms with Gasteiger partial charge in [-0.2, -0.15) is 4.31 Å². The van der Waals surface area contributed by atoms with Crippen molar-refractivity contribution in [2.45, 2.75) is 41.1 Å². The molecular formula is C16H18N2O5S2. The van der Waals surface area contributed by atoms with E-state index < -0.39 is 10.0 Å². The Balaban J connectivity index is 1.60. The van der Waals surface area contributed by atoms with Gasteiger partial charge in [0, 0.05) is 19.5 Å². The summed E-state index contributed by atoms with van der Waals surface area (Å²) in [5, 5.41) is 0.0379. The first-order chi connectivity index (χ1) is 12.0. The fourth-order valence-corrected chi connectivity index (χ4v) is 5.51. The number of piperidine rings is 1. The molecular weight excluding hydrogens is 364 g/mol. The molecule has 9 heteroatoms. The summed E-state index contributed by atoms with van der Waals surface area (Å²) in [5.41, 5.74) is 0.985. The van der Waals surface area contributed by atoms with Gasteiger partial charge in [-0.25, -0.2) is 13.4 Å². The summed E-state index contributed by atoms with van der Waals surface area (Å²) in [7, 11) is -3.50. The summed E-state index contributed by atoms with van der Waals surface area (Å²) in [5.74, 6) is -0.263. The van der Waals surface area contributed by atoms with Crippen LogP contribution in [0.25, 0.3) is 11.1 Å². The average molecular weight is 382 g/mol. The third-order valence-corrected chi connectivity index (χ3v) is 7.41. The van der Waals surface area contributed by atoms with Crippen molar-refractivity contribution in [2.24, 2.45) is 0 Å². The summed E-state index contributed by atoms with van der Waals surface area (Å²) in [4.78, 5) is 16.1. The lowest BCUT2D eigenvalue weighted by Gasteiger charge is -2.25. The van der Waals surface area contributed by atoms with Crippen LogP contribution in [0, 0.1) is 0 Å². The van der Waals surface area contributed by atoms with E-state index in [9.17, 15) is 13.2 Å². The summed E-state index contributed by atoms with van der Waals surface area (Å²) in [6, 6.07) is 4.71. The fourth-order valence-electron chi connectivity index (χ4n) is 3.06. The first-order valence-electron chi connectivity index (χ1n) is 8.28. The zero-order chi connectivity index (χ0) is 17.4. The first-order valence-corrected chi connectivity index (χ1v) is 10.6. The molecule has 25 heavy (non-hydrogen) atoms. The molecule has 0 unspecified atom stereocenters. The predicted octanol–water partition coefficient (Wildman–Crippen LogP) is 2.41. The molecule has 2 fully saturated rings. The number of hydrogen-bond donors (Lipinski definition) is 0. The maximum Gasteiger partial charge on any atom is 0.319 e. The molecule has 4 rings (SSSR count). The second-order valence-electron chi connectivity index (χ2n) is 6.14. The quantitative estimate of drug-likeness (QED) is 0.750. The normalized spacial score (nSPS) is 22.4. The van der Waals surface area contributed by atoms with Crippen LogP contribution < -0.4 is 0 Å². The number of ether oxygens (including phenoxy) is 1. The molecule has 0 aliphatic carbocycles. The minimum Gasteiger partial charge on any atom is -0.465 e. The lowest BCUT2D eigenvalue weighted by Crippen LogP contribution is -2.35. The molecule has 0 saturated carbocycles. The van der Waals surface area contributed by atoms with Gasteiger partial charge in [-0.05, 0) is 31.0 Å². The highest BCUT2D eigenvalue weighted by atomic mass is 32.2. The molecule has 134 valence electrons. The van der Waals surface area contributed by atoms with Gasteiger partial charge in [-0.1, -0.05) is 18.2 Å². The van der Waals surface area contributed by atoms with E-state index in [2.05, 4.69) is 4.98 Å². The van der Waals surface area contributed by atoms with E-state index in [1.54, 1.807) is 18.2 Å². The van der Waals surface area contributed by atoms with Crippen LogP contribution in [0.4, 0.5) is 0 Å². The van der Waals surface area contributed by atoms with Crippen molar-refractivity contribution in [1.29, 1.82) is 0 Å². The van der Waals surface area contributed by atoms with Crippen LogP contribution in [-0.4, -0.2) is 48.6 Å². The number of hydrogen-bond acceptors (Lipinski definition) is 7. The third-order valence-electron chi connectivity index (χ3n) is 4.42. The second kappa shape index (κ2) is 6.62. The Morgan fingerprint density at radius 1 is 1.20 bits per heavy atom. The van der Waals surface area contributed by atoms with Crippen molar-refractivity contribution in [1.82, 2.24) is 9.29 Å². The molecule has 1 aromatic carbocycles. The zero-order valence-electron chi connectivity index (χ0n) is 13.5. The predicted molar refractivity (Wildman–Crippen MR) is 91.8 cm³/mol. The Morgan fingerprint density at radius 3 is 2.72 bits per heavy atom. The second-order valence-corrected chi connectivity index (χ2v) is 9.23. The molecule has 1 atom stereocenters. The molecule has 0 spiro atoms. The number of nitrogens with zero attached hydrogens (tertiary/aromatic N) is 2. The van der Waals surface area contributed by atoms with Crippen LogP contribution >= 0.6 is 11.8 Å². The van der Waals surface area contributed by atoms with E-state index in [0.29, 0.717) is 42.4 Å². The summed E-state index contributed by atoms with van der Waals surface area (Å²) in [6.07, 6.45) is 3.47. The van der Waals surface area contributed by atoms with Gasteiger partial charge in [-0.3, -0.25) is 4.79 Å². The van der Waals surface area contributed by atoms with Crippen LogP contribution in [-0.2, 0) is 19.6 Å². The Hall–Kier alpha value is -1.58. The maximum absolute atomic E-state index is 12.8. The van der Waals surface area contributed by atoms with Gasteiger partial charge in [0.25, 0.3) is 5.22 Å². The number of rotatable bonds is 4. The molecule has 0 N–H and O–H groups in total. The lowest BCUT2D eigenvalue weighted by atomic mass is 10.2. The van der Waals surface area contributed by atoms with Crippen molar-refractivity contribution in [2.75, 3.05) is 19.7 Å². The molecule has 3 heterocycles. The molecule has 2 aliphatic heterocycles. The van der Waals surface area contributed by atoms with Crippen LogP contribution in [0.5, 0.6) is 0 Å². The number of benzene rings is 1. The number of carbonyl (C=O) groups is 1. The van der Waals surface area contributed by atoms with Crippen LogP contribution in [0.2, 0.25) is 0 Å². The Morgan fingerprint density at radius 2 is 2.00 bits per heavy atom. The van der Waals surface area contributed by atoms with Gasteiger partial charge in [0.15, 0.2) is 5.58 Å². The van der Waals surface area contributed by atoms with Crippen molar-refractivity contribution < 1.29 is 22.4 Å². The number of carbonyl (C=O) groups excluding carboxylic acids is 1. The van der Waals surface area contributed by atoms with Crippen LogP contribution in [0.3, 0.4) is 0 Å². The molecule has 2 aliphatic rings. The van der Waals surface area contributed by atoms with Gasteiger partial charge in [-0.15, -0.1) is 0 Å². The van der Waals surface area contributed by atoms with Gasteiger partial charge >= 0.3 is 5.97 Å². The van der Waals surface area contributed by atoms with Crippen LogP contribution in [0.1, 0.15) is 25.7 Å². The lowest BCUT2D eigenvalue weighted by molar-refractivity contribution is -0.137. The largest absolute Gasteiger partial charge is 0.465 e. The average Bonchev–Trinajstić information content (AvgIpc) is 3.21. The van der Waals surface area contributed by atoms with Gasteiger partial charge in [0.2, 0.25) is 10.0 Å². The number of fused-ring (bicyclic) bond motifs is 1. The molecule has 2 saturated heterocycles. The van der Waals surface area contributed by atoms with E-state index in [-0.39, 0.29) is 16.1 Å². The standard InChI is InChI=1S/C16H18N2O5S2/c19-15-14(6-9-22-15)24-16-17-12-10-11(4-5-13(12)23-16)25(20,21)18-7-2-1-3-8-18/h4-5,10,14H,1-3,6-9H2/t14-/m1/s1. The first kappa shape index (κ1) is 16.9. The van der Waals surface area contributed by atoms with E-state index >= 15 is 0 Å². The van der Waals surface area contributed by atoms with Gasteiger partial charge < -0.3 is 9.15 Å². The SMILES string of the molecule is O=C1OCC[C@H]1Sc1nc2cc(S(=O)(=O)N3CCCCC3)ccc2o1. The van der Waals surface area contributed by atoms with Crippen molar-refractivity contribution in [3.63, 3.8) is 0 Å². The summed E-state index contributed by atoms with van der Waals surface area (Å²) in [6.45, 7) is 1.53. The monoisotopic (exact) mass is 382 g/mol. The Bertz CT molecular complexity index is 902. The van der Waals surface area contributed by atoms with Crippen molar-refractivity contribution >= 4 is 38.9 Å². The molecule has 0 amide bonds. The van der Waals surface area contributed by atoms with E-state index in [4.69, 9.17) is 9.15 Å². The Kier molecular flexibility index (Phi) is 4.47. The summed E-state index contributed by atoms with van der Waals surface area (Å²) < 4.78 is 37.6. The zero-order valence-corrected chi connectivity index (χ0v) is 15.1. The van der Waals surface area contributed by atoms with Gasteiger partial charge in [0.05, 0.1) is 11.5 Å². The summed E-state index contributed by atoms with van der Waals surface area (Å²) >= 11 is 1.21. The number of aromatic nitrogens is 1. The number of cyclic esters (lactones) is 1. The fraction of sp³-hybridized carbons (Fsp3) is 0.500. The van der Waals surface area contributed by atoms with Gasteiger partial charge in [0.1, 0.15) is 10.8 Å².